The zero-order chi connectivity index (χ0) is 16.0. The molecule has 0 spiro atoms. The maximum Gasteiger partial charge on any atom is 0.410 e. The number of aromatic nitrogens is 2. The minimum atomic E-state index is -0.676. The largest absolute Gasteiger partial charge is 0.444 e. The molecular formula is C16H18N4O2. The van der Waals surface area contributed by atoms with Crippen molar-refractivity contribution >= 4 is 11.7 Å². The molecule has 2 aromatic heterocycles. The molecule has 1 saturated heterocycles. The number of amides is 1. The van der Waals surface area contributed by atoms with Gasteiger partial charge in [0.25, 0.3) is 0 Å². The van der Waals surface area contributed by atoms with Crippen LogP contribution in [0.5, 0.6) is 0 Å². The number of pyridine rings is 1. The second kappa shape index (κ2) is 4.73. The van der Waals surface area contributed by atoms with Gasteiger partial charge >= 0.3 is 6.09 Å². The quantitative estimate of drug-likeness (QED) is 0.810. The van der Waals surface area contributed by atoms with Crippen molar-refractivity contribution in [2.24, 2.45) is 0 Å². The van der Waals surface area contributed by atoms with Crippen LogP contribution < -0.4 is 0 Å². The summed E-state index contributed by atoms with van der Waals surface area (Å²) in [6, 6.07) is 6.15. The van der Waals surface area contributed by atoms with E-state index in [1.807, 2.05) is 49.7 Å². The predicted octanol–water partition coefficient (Wildman–Crippen LogP) is 2.35. The minimum Gasteiger partial charge on any atom is -0.444 e. The Morgan fingerprint density at radius 2 is 2.14 bits per heavy atom. The molecule has 2 aromatic rings. The molecule has 3 rings (SSSR count). The summed E-state index contributed by atoms with van der Waals surface area (Å²) in [5, 5.41) is 9.59. The normalized spacial score (nSPS) is 16.9. The van der Waals surface area contributed by atoms with Gasteiger partial charge in [-0.3, -0.25) is 0 Å². The number of hydrogen-bond acceptors (Lipinski definition) is 4. The van der Waals surface area contributed by atoms with Gasteiger partial charge in [-0.2, -0.15) is 5.26 Å². The van der Waals surface area contributed by atoms with Gasteiger partial charge in [-0.05, 0) is 38.5 Å². The fourth-order valence-corrected chi connectivity index (χ4v) is 2.59. The maximum atomic E-state index is 12.0. The predicted molar refractivity (Wildman–Crippen MR) is 80.3 cm³/mol. The summed E-state index contributed by atoms with van der Waals surface area (Å²) in [5.74, 6) is 0. The summed E-state index contributed by atoms with van der Waals surface area (Å²) in [6.45, 7) is 6.17. The number of ether oxygens (including phenoxy) is 1. The van der Waals surface area contributed by atoms with E-state index in [2.05, 4.69) is 11.1 Å². The minimum absolute atomic E-state index is 0.343. The molecule has 1 fully saturated rings. The van der Waals surface area contributed by atoms with Gasteiger partial charge in [0.2, 0.25) is 0 Å². The monoisotopic (exact) mass is 298 g/mol. The van der Waals surface area contributed by atoms with Crippen molar-refractivity contribution in [3.63, 3.8) is 0 Å². The van der Waals surface area contributed by atoms with E-state index in [4.69, 9.17) is 4.74 Å². The van der Waals surface area contributed by atoms with E-state index in [1.54, 1.807) is 11.1 Å². The van der Waals surface area contributed by atoms with Crippen molar-refractivity contribution in [2.75, 3.05) is 13.1 Å². The molecule has 0 aliphatic carbocycles. The lowest BCUT2D eigenvalue weighted by atomic mass is 9.75. The Bertz CT molecular complexity index is 760. The number of rotatable bonds is 1. The van der Waals surface area contributed by atoms with Crippen LogP contribution in [0, 0.1) is 11.3 Å². The van der Waals surface area contributed by atoms with E-state index in [0.29, 0.717) is 13.1 Å². The average molecular weight is 298 g/mol. The number of carbonyl (C=O) groups excluding carboxylic acids is 1. The van der Waals surface area contributed by atoms with Gasteiger partial charge < -0.3 is 14.0 Å². The van der Waals surface area contributed by atoms with Crippen molar-refractivity contribution in [3.8, 4) is 6.07 Å². The standard InChI is InChI=1S/C16H18N4O2/c1-15(2,3)22-14(21)20-10-16(9-17,11-20)12-4-6-19-7-5-18-13(19)8-12/h4-8H,10-11H2,1-3H3. The van der Waals surface area contributed by atoms with E-state index in [0.717, 1.165) is 11.2 Å². The first-order chi connectivity index (χ1) is 10.3. The van der Waals surface area contributed by atoms with Crippen LogP contribution in [0.15, 0.2) is 30.7 Å². The van der Waals surface area contributed by atoms with E-state index < -0.39 is 11.0 Å². The summed E-state index contributed by atoms with van der Waals surface area (Å²) >= 11 is 0. The molecule has 0 saturated carbocycles. The lowest BCUT2D eigenvalue weighted by Gasteiger charge is -2.45. The number of nitriles is 1. The van der Waals surface area contributed by atoms with Gasteiger partial charge in [-0.25, -0.2) is 9.78 Å². The zero-order valence-electron chi connectivity index (χ0n) is 12.9. The van der Waals surface area contributed by atoms with Crippen LogP contribution in [0.3, 0.4) is 0 Å². The summed E-state index contributed by atoms with van der Waals surface area (Å²) in [7, 11) is 0. The Morgan fingerprint density at radius 3 is 2.77 bits per heavy atom. The molecule has 0 aromatic carbocycles. The Hall–Kier alpha value is -2.55. The van der Waals surface area contributed by atoms with Crippen LogP contribution in [-0.4, -0.2) is 39.1 Å². The van der Waals surface area contributed by atoms with Crippen LogP contribution in [0.25, 0.3) is 5.65 Å². The highest BCUT2D eigenvalue weighted by Crippen LogP contribution is 2.35. The van der Waals surface area contributed by atoms with Crippen LogP contribution >= 0.6 is 0 Å². The molecule has 114 valence electrons. The molecule has 0 N–H and O–H groups in total. The average Bonchev–Trinajstić information content (AvgIpc) is 2.83. The molecule has 0 radical (unpaired) electrons. The molecule has 0 bridgehead atoms. The first kappa shape index (κ1) is 14.4. The molecular weight excluding hydrogens is 280 g/mol. The number of nitrogens with zero attached hydrogens (tertiary/aromatic N) is 4. The third-order valence-electron chi connectivity index (χ3n) is 3.74. The van der Waals surface area contributed by atoms with Crippen LogP contribution in [0.4, 0.5) is 4.79 Å². The van der Waals surface area contributed by atoms with Gasteiger partial charge in [0.15, 0.2) is 0 Å². The molecule has 1 aliphatic heterocycles. The zero-order valence-corrected chi connectivity index (χ0v) is 12.9. The topological polar surface area (TPSA) is 70.6 Å². The Kier molecular flexibility index (Phi) is 3.10. The van der Waals surface area contributed by atoms with Crippen molar-refractivity contribution in [3.05, 3.63) is 36.3 Å². The Labute approximate surface area is 128 Å². The highest BCUT2D eigenvalue weighted by Gasteiger charge is 2.48. The Balaban J connectivity index is 1.79. The van der Waals surface area contributed by atoms with E-state index in [9.17, 15) is 10.1 Å². The van der Waals surface area contributed by atoms with Crippen LogP contribution in [-0.2, 0) is 10.2 Å². The number of hydrogen-bond donors (Lipinski definition) is 0. The number of carbonyl (C=O) groups is 1. The van der Waals surface area contributed by atoms with Gasteiger partial charge in [0.05, 0.1) is 6.07 Å². The highest BCUT2D eigenvalue weighted by atomic mass is 16.6. The first-order valence-electron chi connectivity index (χ1n) is 7.15. The summed E-state index contributed by atoms with van der Waals surface area (Å²) in [6.07, 6.45) is 5.07. The molecule has 0 atom stereocenters. The van der Waals surface area contributed by atoms with Crippen molar-refractivity contribution in [1.82, 2.24) is 14.3 Å². The second-order valence-corrected chi connectivity index (χ2v) is 6.64. The van der Waals surface area contributed by atoms with E-state index >= 15 is 0 Å². The van der Waals surface area contributed by atoms with Gasteiger partial charge in [-0.15, -0.1) is 0 Å². The van der Waals surface area contributed by atoms with Crippen LogP contribution in [0.1, 0.15) is 26.3 Å². The van der Waals surface area contributed by atoms with Gasteiger partial charge in [0.1, 0.15) is 16.7 Å². The summed E-state index contributed by atoms with van der Waals surface area (Å²) < 4.78 is 7.22. The number of likely N-dealkylation sites (tertiary alicyclic amines) is 1. The summed E-state index contributed by atoms with van der Waals surface area (Å²) in [4.78, 5) is 17.8. The van der Waals surface area contributed by atoms with Gasteiger partial charge in [0, 0.05) is 31.7 Å². The fourth-order valence-electron chi connectivity index (χ4n) is 2.59. The van der Waals surface area contributed by atoms with Crippen molar-refractivity contribution < 1.29 is 9.53 Å². The highest BCUT2D eigenvalue weighted by molar-refractivity contribution is 5.71. The summed E-state index contributed by atoms with van der Waals surface area (Å²) in [5.41, 5.74) is 0.470. The van der Waals surface area contributed by atoms with Crippen LogP contribution in [0.2, 0.25) is 0 Å². The molecule has 22 heavy (non-hydrogen) atoms. The first-order valence-corrected chi connectivity index (χ1v) is 7.15. The SMILES string of the molecule is CC(C)(C)OC(=O)N1CC(C#N)(c2ccn3ccnc3c2)C1. The third kappa shape index (κ3) is 2.39. The molecule has 1 aliphatic rings. The maximum absolute atomic E-state index is 12.0. The molecule has 3 heterocycles. The number of fused-ring (bicyclic) bond motifs is 1. The lowest BCUT2D eigenvalue weighted by Crippen LogP contribution is -2.61. The lowest BCUT2D eigenvalue weighted by molar-refractivity contribution is -0.000447. The smallest absolute Gasteiger partial charge is 0.410 e. The molecule has 6 nitrogen and oxygen atoms in total. The van der Waals surface area contributed by atoms with Gasteiger partial charge in [-0.1, -0.05) is 0 Å². The molecule has 6 heteroatoms. The third-order valence-corrected chi connectivity index (χ3v) is 3.74. The fraction of sp³-hybridized carbons (Fsp3) is 0.438. The number of imidazole rings is 1. The van der Waals surface area contributed by atoms with Crippen molar-refractivity contribution in [2.45, 2.75) is 31.8 Å². The van der Waals surface area contributed by atoms with Crippen molar-refractivity contribution in [1.29, 1.82) is 5.26 Å². The van der Waals surface area contributed by atoms with E-state index in [-0.39, 0.29) is 6.09 Å². The molecule has 0 unspecified atom stereocenters. The van der Waals surface area contributed by atoms with E-state index in [1.165, 1.54) is 0 Å². The Morgan fingerprint density at radius 1 is 1.41 bits per heavy atom. The molecule has 1 amide bonds. The second-order valence-electron chi connectivity index (χ2n) is 6.64.